The Kier molecular flexibility index (Phi) is 4.33. The minimum atomic E-state index is -1.10. The number of carboxylic acids is 1. The van der Waals surface area contributed by atoms with Gasteiger partial charge in [0.25, 0.3) is 5.91 Å². The molecule has 0 unspecified atom stereocenters. The van der Waals surface area contributed by atoms with E-state index in [1.807, 2.05) is 0 Å². The molecule has 0 fully saturated rings. The molecular formula is C16H14FNO3. The first-order valence-corrected chi connectivity index (χ1v) is 6.43. The predicted molar refractivity (Wildman–Crippen MR) is 77.2 cm³/mol. The number of carbonyl (C=O) groups is 2. The molecule has 0 bridgehead atoms. The molecule has 2 rings (SSSR count). The van der Waals surface area contributed by atoms with E-state index in [4.69, 9.17) is 5.11 Å². The summed E-state index contributed by atoms with van der Waals surface area (Å²) in [5.41, 5.74) is 0.723. The van der Waals surface area contributed by atoms with Crippen LogP contribution in [-0.4, -0.2) is 23.5 Å². The van der Waals surface area contributed by atoms with Crippen LogP contribution in [0.25, 0.3) is 0 Å². The van der Waals surface area contributed by atoms with Crippen molar-refractivity contribution in [2.75, 3.05) is 11.4 Å². The van der Waals surface area contributed by atoms with Crippen molar-refractivity contribution in [2.24, 2.45) is 0 Å². The third-order valence-corrected chi connectivity index (χ3v) is 3.04. The fraction of sp³-hybridized carbons (Fsp3) is 0.125. The SMILES string of the molecule is CCN(C(=O)c1cccc(C(=O)O)c1)c1cccc(F)c1. The van der Waals surface area contributed by atoms with Crippen molar-refractivity contribution >= 4 is 17.6 Å². The van der Waals surface area contributed by atoms with Gasteiger partial charge in [0, 0.05) is 17.8 Å². The normalized spacial score (nSPS) is 10.2. The summed E-state index contributed by atoms with van der Waals surface area (Å²) in [5.74, 6) is -1.90. The van der Waals surface area contributed by atoms with Crippen LogP contribution >= 0.6 is 0 Å². The second-order valence-corrected chi connectivity index (χ2v) is 4.42. The van der Waals surface area contributed by atoms with Gasteiger partial charge in [-0.15, -0.1) is 0 Å². The zero-order chi connectivity index (χ0) is 15.4. The predicted octanol–water partition coefficient (Wildman–Crippen LogP) is 3.19. The number of amides is 1. The molecule has 0 saturated heterocycles. The minimum Gasteiger partial charge on any atom is -0.478 e. The molecule has 1 N–H and O–H groups in total. The molecule has 108 valence electrons. The Balaban J connectivity index is 2.36. The summed E-state index contributed by atoms with van der Waals surface area (Å²) in [6.45, 7) is 2.11. The summed E-state index contributed by atoms with van der Waals surface area (Å²) in [6.07, 6.45) is 0. The smallest absolute Gasteiger partial charge is 0.335 e. The molecule has 5 heteroatoms. The molecule has 0 aliphatic carbocycles. The van der Waals surface area contributed by atoms with Crippen LogP contribution in [-0.2, 0) is 0 Å². The van der Waals surface area contributed by atoms with Gasteiger partial charge < -0.3 is 10.0 Å². The number of hydrogen-bond acceptors (Lipinski definition) is 2. The largest absolute Gasteiger partial charge is 0.478 e. The second kappa shape index (κ2) is 6.17. The van der Waals surface area contributed by atoms with E-state index >= 15 is 0 Å². The van der Waals surface area contributed by atoms with Gasteiger partial charge in [-0.3, -0.25) is 4.79 Å². The summed E-state index contributed by atoms with van der Waals surface area (Å²) < 4.78 is 13.3. The number of rotatable bonds is 4. The van der Waals surface area contributed by atoms with E-state index in [0.29, 0.717) is 12.2 Å². The number of nitrogens with zero attached hydrogens (tertiary/aromatic N) is 1. The van der Waals surface area contributed by atoms with Crippen LogP contribution in [0.1, 0.15) is 27.6 Å². The van der Waals surface area contributed by atoms with Gasteiger partial charge in [-0.2, -0.15) is 0 Å². The molecule has 0 spiro atoms. The maximum atomic E-state index is 13.3. The first-order valence-electron chi connectivity index (χ1n) is 6.43. The first kappa shape index (κ1) is 14.7. The van der Waals surface area contributed by atoms with Gasteiger partial charge in [-0.1, -0.05) is 12.1 Å². The third-order valence-electron chi connectivity index (χ3n) is 3.04. The summed E-state index contributed by atoms with van der Waals surface area (Å²) in [6, 6.07) is 11.5. The van der Waals surface area contributed by atoms with Crippen LogP contribution < -0.4 is 4.90 Å². The first-order chi connectivity index (χ1) is 10.0. The molecule has 0 aliphatic rings. The standard InChI is InChI=1S/C16H14FNO3/c1-2-18(14-8-4-7-13(17)10-14)15(19)11-5-3-6-12(9-11)16(20)21/h3-10H,2H2,1H3,(H,20,21). The maximum absolute atomic E-state index is 13.3. The number of anilines is 1. The van der Waals surface area contributed by atoms with Gasteiger partial charge in [0.1, 0.15) is 5.82 Å². The van der Waals surface area contributed by atoms with E-state index in [0.717, 1.165) is 0 Å². The molecule has 0 heterocycles. The van der Waals surface area contributed by atoms with Gasteiger partial charge in [0.15, 0.2) is 0 Å². The number of benzene rings is 2. The number of halogens is 1. The fourth-order valence-corrected chi connectivity index (χ4v) is 2.03. The van der Waals surface area contributed by atoms with Gasteiger partial charge in [-0.25, -0.2) is 9.18 Å². The highest BCUT2D eigenvalue weighted by Crippen LogP contribution is 2.18. The third kappa shape index (κ3) is 3.25. The molecule has 0 aliphatic heterocycles. The molecule has 2 aromatic carbocycles. The average molecular weight is 287 g/mol. The van der Waals surface area contributed by atoms with Crippen LogP contribution in [0.5, 0.6) is 0 Å². The molecule has 2 aromatic rings. The monoisotopic (exact) mass is 287 g/mol. The Morgan fingerprint density at radius 2 is 1.76 bits per heavy atom. The number of aromatic carboxylic acids is 1. The summed E-state index contributed by atoms with van der Waals surface area (Å²) in [7, 11) is 0. The van der Waals surface area contributed by atoms with Crippen LogP contribution in [0.3, 0.4) is 0 Å². The lowest BCUT2D eigenvalue weighted by Crippen LogP contribution is -2.30. The lowest BCUT2D eigenvalue weighted by Gasteiger charge is -2.21. The summed E-state index contributed by atoms with van der Waals surface area (Å²) in [4.78, 5) is 24.8. The zero-order valence-corrected chi connectivity index (χ0v) is 11.4. The fourth-order valence-electron chi connectivity index (χ4n) is 2.03. The van der Waals surface area contributed by atoms with Crippen molar-refractivity contribution in [1.82, 2.24) is 0 Å². The highest BCUT2D eigenvalue weighted by atomic mass is 19.1. The van der Waals surface area contributed by atoms with Gasteiger partial charge in [-0.05, 0) is 43.3 Å². The Hall–Kier alpha value is -2.69. The van der Waals surface area contributed by atoms with Gasteiger partial charge in [0.2, 0.25) is 0 Å². The number of carbonyl (C=O) groups excluding carboxylic acids is 1. The lowest BCUT2D eigenvalue weighted by atomic mass is 10.1. The van der Waals surface area contributed by atoms with Crippen LogP contribution in [0, 0.1) is 5.82 Å². The van der Waals surface area contributed by atoms with Crippen molar-refractivity contribution in [3.63, 3.8) is 0 Å². The Labute approximate surface area is 121 Å². The quantitative estimate of drug-likeness (QED) is 0.939. The van der Waals surface area contributed by atoms with E-state index in [9.17, 15) is 14.0 Å². The molecule has 0 aromatic heterocycles. The molecule has 4 nitrogen and oxygen atoms in total. The minimum absolute atomic E-state index is 0.0381. The number of hydrogen-bond donors (Lipinski definition) is 1. The van der Waals surface area contributed by atoms with E-state index in [-0.39, 0.29) is 17.0 Å². The Bertz CT molecular complexity index is 685. The molecule has 0 atom stereocenters. The van der Waals surface area contributed by atoms with Crippen LogP contribution in [0.4, 0.5) is 10.1 Å². The van der Waals surface area contributed by atoms with Crippen molar-refractivity contribution in [1.29, 1.82) is 0 Å². The Morgan fingerprint density at radius 1 is 1.10 bits per heavy atom. The summed E-state index contributed by atoms with van der Waals surface area (Å²) in [5, 5.41) is 8.97. The second-order valence-electron chi connectivity index (χ2n) is 4.42. The Morgan fingerprint density at radius 3 is 2.38 bits per heavy atom. The summed E-state index contributed by atoms with van der Waals surface area (Å²) >= 11 is 0. The van der Waals surface area contributed by atoms with Crippen molar-refractivity contribution in [3.05, 3.63) is 65.5 Å². The molecule has 0 saturated carbocycles. The molecule has 0 radical (unpaired) electrons. The van der Waals surface area contributed by atoms with Crippen molar-refractivity contribution in [3.8, 4) is 0 Å². The zero-order valence-electron chi connectivity index (χ0n) is 11.4. The highest BCUT2D eigenvalue weighted by Gasteiger charge is 2.17. The highest BCUT2D eigenvalue weighted by molar-refractivity contribution is 6.07. The van der Waals surface area contributed by atoms with Gasteiger partial charge in [0.05, 0.1) is 5.56 Å². The molecule has 21 heavy (non-hydrogen) atoms. The molecular weight excluding hydrogens is 273 g/mol. The van der Waals surface area contributed by atoms with Crippen molar-refractivity contribution < 1.29 is 19.1 Å². The molecule has 1 amide bonds. The average Bonchev–Trinajstić information content (AvgIpc) is 2.48. The van der Waals surface area contributed by atoms with E-state index in [2.05, 4.69) is 0 Å². The lowest BCUT2D eigenvalue weighted by molar-refractivity contribution is 0.0697. The van der Waals surface area contributed by atoms with E-state index in [1.165, 1.54) is 47.4 Å². The van der Waals surface area contributed by atoms with Gasteiger partial charge >= 0.3 is 5.97 Å². The van der Waals surface area contributed by atoms with Crippen LogP contribution in [0.15, 0.2) is 48.5 Å². The van der Waals surface area contributed by atoms with E-state index < -0.39 is 11.8 Å². The topological polar surface area (TPSA) is 57.6 Å². The van der Waals surface area contributed by atoms with E-state index in [1.54, 1.807) is 13.0 Å². The maximum Gasteiger partial charge on any atom is 0.335 e. The van der Waals surface area contributed by atoms with Crippen molar-refractivity contribution in [2.45, 2.75) is 6.92 Å². The number of carboxylic acid groups (broad SMARTS) is 1. The van der Waals surface area contributed by atoms with Crippen LogP contribution in [0.2, 0.25) is 0 Å².